The van der Waals surface area contributed by atoms with Gasteiger partial charge in [-0.2, -0.15) is 0 Å². The molecular weight excluding hydrogens is 366 g/mol. The Balaban J connectivity index is 0.00000210. The number of rotatable bonds is 3. The van der Waals surface area contributed by atoms with E-state index in [1.165, 1.54) is 4.68 Å². The molecule has 2 N–H and O–H groups in total. The van der Waals surface area contributed by atoms with E-state index in [1.807, 2.05) is 24.3 Å². The first-order valence-corrected chi connectivity index (χ1v) is 8.65. The lowest BCUT2D eigenvalue weighted by Crippen LogP contribution is -2.37. The van der Waals surface area contributed by atoms with E-state index in [-0.39, 0.29) is 36.8 Å². The van der Waals surface area contributed by atoms with Gasteiger partial charge in [-0.3, -0.25) is 9.59 Å². The number of anilines is 2. The summed E-state index contributed by atoms with van der Waals surface area (Å²) in [6.07, 6.45) is 1.94. The van der Waals surface area contributed by atoms with Gasteiger partial charge in [0, 0.05) is 24.3 Å². The zero-order valence-corrected chi connectivity index (χ0v) is 15.5. The molecule has 2 heterocycles. The largest absolute Gasteiger partial charge is 0.398 e. The lowest BCUT2D eigenvalue weighted by atomic mass is 9.99. The average molecular weight is 386 g/mol. The highest BCUT2D eigenvalue weighted by Gasteiger charge is 2.23. The molecule has 0 saturated heterocycles. The van der Waals surface area contributed by atoms with Gasteiger partial charge >= 0.3 is 0 Å². The molecule has 7 nitrogen and oxygen atoms in total. The van der Waals surface area contributed by atoms with Crippen molar-refractivity contribution in [1.82, 2.24) is 15.0 Å². The van der Waals surface area contributed by atoms with Crippen molar-refractivity contribution < 1.29 is 4.79 Å². The summed E-state index contributed by atoms with van der Waals surface area (Å²) in [7, 11) is 0. The van der Waals surface area contributed by atoms with E-state index in [0.717, 1.165) is 29.8 Å². The van der Waals surface area contributed by atoms with E-state index in [4.69, 9.17) is 5.73 Å². The van der Waals surface area contributed by atoms with Crippen molar-refractivity contribution in [3.8, 4) is 0 Å². The Bertz CT molecular complexity index is 1050. The molecule has 0 saturated carbocycles. The van der Waals surface area contributed by atoms with E-state index >= 15 is 0 Å². The number of nitrogens with two attached hydrogens (primary N) is 1. The van der Waals surface area contributed by atoms with Crippen LogP contribution >= 0.6 is 12.4 Å². The summed E-state index contributed by atoms with van der Waals surface area (Å²) in [4.78, 5) is 27.0. The minimum Gasteiger partial charge on any atom is -0.398 e. The molecule has 1 amide bonds. The Kier molecular flexibility index (Phi) is 5.41. The highest BCUT2D eigenvalue weighted by molar-refractivity contribution is 5.95. The van der Waals surface area contributed by atoms with Gasteiger partial charge in [0.05, 0.1) is 11.9 Å². The number of aromatic nitrogens is 3. The first kappa shape index (κ1) is 18.8. The number of carbonyl (C=O) groups excluding carboxylic acids is 1. The van der Waals surface area contributed by atoms with Crippen LogP contribution in [0.15, 0.2) is 47.3 Å². The molecule has 0 atom stereocenters. The van der Waals surface area contributed by atoms with Gasteiger partial charge in [0.15, 0.2) is 0 Å². The summed E-state index contributed by atoms with van der Waals surface area (Å²) in [6, 6.07) is 12.7. The van der Waals surface area contributed by atoms with Crippen LogP contribution in [0.5, 0.6) is 0 Å². The minimum absolute atomic E-state index is 0. The van der Waals surface area contributed by atoms with Gasteiger partial charge in [0.1, 0.15) is 5.52 Å². The second-order valence-corrected chi connectivity index (χ2v) is 6.38. The van der Waals surface area contributed by atoms with Gasteiger partial charge in [-0.1, -0.05) is 23.4 Å². The maximum Gasteiger partial charge on any atom is 0.277 e. The Morgan fingerprint density at radius 2 is 1.96 bits per heavy atom. The summed E-state index contributed by atoms with van der Waals surface area (Å²) in [6.45, 7) is 0.858. The van der Waals surface area contributed by atoms with Crippen molar-refractivity contribution in [3.05, 3.63) is 58.4 Å². The van der Waals surface area contributed by atoms with Crippen LogP contribution in [0.1, 0.15) is 18.4 Å². The first-order chi connectivity index (χ1) is 12.6. The van der Waals surface area contributed by atoms with E-state index in [9.17, 15) is 9.59 Å². The number of fused-ring (bicyclic) bond motifs is 2. The lowest BCUT2D eigenvalue weighted by molar-refractivity contribution is -0.119. The molecule has 0 aliphatic carbocycles. The smallest absolute Gasteiger partial charge is 0.277 e. The number of amides is 1. The van der Waals surface area contributed by atoms with Crippen molar-refractivity contribution in [2.75, 3.05) is 17.2 Å². The summed E-state index contributed by atoms with van der Waals surface area (Å²) in [5.41, 5.74) is 8.98. The number of carbonyl (C=O) groups is 1. The molecule has 3 aromatic rings. The molecule has 0 spiro atoms. The number of nitrogen functional groups attached to an aromatic ring is 1. The van der Waals surface area contributed by atoms with E-state index in [0.29, 0.717) is 17.4 Å². The van der Waals surface area contributed by atoms with Crippen molar-refractivity contribution in [2.24, 2.45) is 0 Å². The van der Waals surface area contributed by atoms with Gasteiger partial charge in [0.25, 0.3) is 5.56 Å². The third kappa shape index (κ3) is 3.50. The Hall–Kier alpha value is -2.93. The van der Waals surface area contributed by atoms with Gasteiger partial charge in [-0.15, -0.1) is 17.5 Å². The summed E-state index contributed by atoms with van der Waals surface area (Å²) in [5, 5.41) is 8.50. The zero-order chi connectivity index (χ0) is 18.1. The monoisotopic (exact) mass is 385 g/mol. The van der Waals surface area contributed by atoms with Crippen molar-refractivity contribution >= 4 is 40.6 Å². The maximum atomic E-state index is 12.7. The molecule has 1 aliphatic heterocycles. The molecular formula is C19H20ClN5O2. The fraction of sp³-hybridized carbons (Fsp3) is 0.263. The number of aryl methyl sites for hydroxylation is 1. The molecule has 0 fully saturated rings. The quantitative estimate of drug-likeness (QED) is 0.697. The van der Waals surface area contributed by atoms with E-state index in [2.05, 4.69) is 10.3 Å². The van der Waals surface area contributed by atoms with Crippen molar-refractivity contribution in [1.29, 1.82) is 0 Å². The van der Waals surface area contributed by atoms with E-state index < -0.39 is 0 Å². The second kappa shape index (κ2) is 7.75. The summed E-state index contributed by atoms with van der Waals surface area (Å²) in [5.74, 6) is -0.0431. The van der Waals surface area contributed by atoms with Crippen LogP contribution in [-0.2, 0) is 17.8 Å². The highest BCUT2D eigenvalue weighted by atomic mass is 35.5. The topological polar surface area (TPSA) is 94.1 Å². The molecule has 0 bridgehead atoms. The number of hydrogen-bond donors (Lipinski definition) is 1. The maximum absolute atomic E-state index is 12.7. The van der Waals surface area contributed by atoms with Gasteiger partial charge in [-0.25, -0.2) is 4.68 Å². The number of nitrogens with zero attached hydrogens (tertiary/aromatic N) is 4. The third-order valence-corrected chi connectivity index (χ3v) is 4.75. The number of hydrogen-bond acceptors (Lipinski definition) is 5. The van der Waals surface area contributed by atoms with Crippen LogP contribution in [0.2, 0.25) is 0 Å². The van der Waals surface area contributed by atoms with Crippen molar-refractivity contribution in [2.45, 2.75) is 25.8 Å². The Morgan fingerprint density at radius 3 is 2.81 bits per heavy atom. The standard InChI is InChI=1S/C19H19N5O2.ClH/c20-15-7-3-9-17-13(15)6-4-11-23(17)18(25)10-12-24-19(26)14-5-1-2-8-16(14)21-22-24;/h1-3,5,7-9H,4,6,10-12,20H2;1H. The molecule has 1 aromatic heterocycles. The predicted octanol–water partition coefficient (Wildman–Crippen LogP) is 2.17. The molecule has 0 radical (unpaired) electrons. The second-order valence-electron chi connectivity index (χ2n) is 6.38. The van der Waals surface area contributed by atoms with E-state index in [1.54, 1.807) is 23.1 Å². The fourth-order valence-electron chi connectivity index (χ4n) is 3.42. The van der Waals surface area contributed by atoms with Crippen LogP contribution in [-0.4, -0.2) is 27.4 Å². The minimum atomic E-state index is -0.230. The normalized spacial score (nSPS) is 13.1. The highest BCUT2D eigenvalue weighted by Crippen LogP contribution is 2.31. The summed E-state index contributed by atoms with van der Waals surface area (Å²) >= 11 is 0. The van der Waals surface area contributed by atoms with Gasteiger partial charge in [0.2, 0.25) is 5.91 Å². The van der Waals surface area contributed by atoms with Gasteiger partial charge < -0.3 is 10.6 Å². The van der Waals surface area contributed by atoms with Crippen LogP contribution in [0, 0.1) is 0 Å². The van der Waals surface area contributed by atoms with Crippen LogP contribution in [0.25, 0.3) is 10.9 Å². The van der Waals surface area contributed by atoms with Crippen LogP contribution in [0.4, 0.5) is 11.4 Å². The lowest BCUT2D eigenvalue weighted by Gasteiger charge is -2.30. The Labute approximate surface area is 162 Å². The molecule has 27 heavy (non-hydrogen) atoms. The molecule has 0 unspecified atom stereocenters. The summed E-state index contributed by atoms with van der Waals surface area (Å²) < 4.78 is 1.25. The third-order valence-electron chi connectivity index (χ3n) is 4.75. The molecule has 140 valence electrons. The van der Waals surface area contributed by atoms with Gasteiger partial charge in [-0.05, 0) is 42.7 Å². The molecule has 1 aliphatic rings. The van der Waals surface area contributed by atoms with Crippen molar-refractivity contribution in [3.63, 3.8) is 0 Å². The SMILES string of the molecule is Cl.Nc1cccc2c1CCCN2C(=O)CCn1nnc2ccccc2c1=O. The number of benzene rings is 2. The Morgan fingerprint density at radius 1 is 1.15 bits per heavy atom. The first-order valence-electron chi connectivity index (χ1n) is 8.65. The van der Waals surface area contributed by atoms with Crippen LogP contribution in [0.3, 0.4) is 0 Å². The fourth-order valence-corrected chi connectivity index (χ4v) is 3.42. The zero-order valence-electron chi connectivity index (χ0n) is 14.7. The van der Waals surface area contributed by atoms with Crippen LogP contribution < -0.4 is 16.2 Å². The molecule has 4 rings (SSSR count). The predicted molar refractivity (Wildman–Crippen MR) is 107 cm³/mol. The number of halogens is 1. The molecule has 8 heteroatoms. The average Bonchev–Trinajstić information content (AvgIpc) is 2.67. The molecule has 2 aromatic carbocycles.